The molecule has 150 valence electrons. The Morgan fingerprint density at radius 1 is 1.22 bits per heavy atom. The third-order valence-corrected chi connectivity index (χ3v) is 5.65. The summed E-state index contributed by atoms with van der Waals surface area (Å²) in [6.07, 6.45) is 6.82. The van der Waals surface area contributed by atoms with Gasteiger partial charge in [0.05, 0.1) is 6.20 Å². The molecule has 8 nitrogen and oxygen atoms in total. The zero-order valence-electron chi connectivity index (χ0n) is 16.3. The van der Waals surface area contributed by atoms with Crippen LogP contribution in [-0.4, -0.2) is 90.0 Å². The molecular weight excluding hydrogens is 348 g/mol. The van der Waals surface area contributed by atoms with Crippen molar-refractivity contribution in [2.24, 2.45) is 0 Å². The van der Waals surface area contributed by atoms with E-state index in [0.717, 1.165) is 58.5 Å². The van der Waals surface area contributed by atoms with Crippen LogP contribution in [0.25, 0.3) is 0 Å². The molecule has 1 unspecified atom stereocenters. The number of hydrogen-bond donors (Lipinski definition) is 0. The molecular formula is C19H30N4O4. The first kappa shape index (κ1) is 19.8. The average molecular weight is 378 g/mol. The molecule has 2 aliphatic heterocycles. The predicted molar refractivity (Wildman–Crippen MR) is 99.3 cm³/mol. The maximum Gasteiger partial charge on any atom is 0.291 e. The van der Waals surface area contributed by atoms with Crippen LogP contribution in [0.1, 0.15) is 43.2 Å². The molecule has 2 amide bonds. The van der Waals surface area contributed by atoms with E-state index in [9.17, 15) is 9.59 Å². The predicted octanol–water partition coefficient (Wildman–Crippen LogP) is 1.24. The number of carbonyl (C=O) groups is 2. The van der Waals surface area contributed by atoms with Crippen LogP contribution in [0.5, 0.6) is 0 Å². The topological polar surface area (TPSA) is 79.1 Å². The number of aromatic nitrogens is 1. The maximum absolute atomic E-state index is 12.4. The SMILES string of the molecule is CC(=O)N1CCCC(N(CCN(C)C(=O)c2cnco2)C2CCOCC2)C1. The summed E-state index contributed by atoms with van der Waals surface area (Å²) < 4.78 is 10.7. The van der Waals surface area contributed by atoms with Crippen molar-refractivity contribution in [2.45, 2.75) is 44.7 Å². The number of likely N-dealkylation sites (N-methyl/N-ethyl adjacent to an activating group) is 1. The van der Waals surface area contributed by atoms with Crippen LogP contribution in [0.15, 0.2) is 17.0 Å². The standard InChI is InChI=1S/C19H30N4O4/c1-15(24)22-7-3-4-17(13-22)23(16-5-10-26-11-6-16)9-8-21(2)19(25)18-12-20-14-27-18/h12,14,16-17H,3-11,13H2,1-2H3. The smallest absolute Gasteiger partial charge is 0.291 e. The molecule has 0 spiro atoms. The Bertz CT molecular complexity index is 615. The lowest BCUT2D eigenvalue weighted by molar-refractivity contribution is -0.131. The lowest BCUT2D eigenvalue weighted by Gasteiger charge is -2.44. The Kier molecular flexibility index (Phi) is 6.84. The third-order valence-electron chi connectivity index (χ3n) is 5.65. The largest absolute Gasteiger partial charge is 0.438 e. The molecule has 1 atom stereocenters. The van der Waals surface area contributed by atoms with Crippen LogP contribution in [-0.2, 0) is 9.53 Å². The van der Waals surface area contributed by atoms with Gasteiger partial charge in [0.15, 0.2) is 6.39 Å². The van der Waals surface area contributed by atoms with Crippen molar-refractivity contribution in [3.05, 3.63) is 18.4 Å². The summed E-state index contributed by atoms with van der Waals surface area (Å²) in [5, 5.41) is 0. The fourth-order valence-electron chi connectivity index (χ4n) is 4.07. The number of ether oxygens (including phenoxy) is 1. The quantitative estimate of drug-likeness (QED) is 0.741. The molecule has 8 heteroatoms. The molecule has 2 aliphatic rings. The number of amides is 2. The fourth-order valence-corrected chi connectivity index (χ4v) is 4.07. The third kappa shape index (κ3) is 5.07. The summed E-state index contributed by atoms with van der Waals surface area (Å²) in [6, 6.07) is 0.768. The minimum absolute atomic E-state index is 0.143. The van der Waals surface area contributed by atoms with Crippen molar-refractivity contribution < 1.29 is 18.7 Å². The summed E-state index contributed by atoms with van der Waals surface area (Å²) in [5.41, 5.74) is 0. The lowest BCUT2D eigenvalue weighted by atomic mass is 9.98. The van der Waals surface area contributed by atoms with E-state index >= 15 is 0 Å². The molecule has 0 aromatic carbocycles. The Balaban J connectivity index is 1.64. The van der Waals surface area contributed by atoms with Crippen molar-refractivity contribution in [3.8, 4) is 0 Å². The van der Waals surface area contributed by atoms with Crippen LogP contribution in [0.3, 0.4) is 0 Å². The van der Waals surface area contributed by atoms with E-state index in [1.165, 1.54) is 12.6 Å². The van der Waals surface area contributed by atoms with Gasteiger partial charge in [-0.25, -0.2) is 4.98 Å². The van der Waals surface area contributed by atoms with E-state index in [0.29, 0.717) is 18.6 Å². The van der Waals surface area contributed by atoms with E-state index in [1.54, 1.807) is 18.9 Å². The van der Waals surface area contributed by atoms with Gasteiger partial charge >= 0.3 is 0 Å². The highest BCUT2D eigenvalue weighted by molar-refractivity contribution is 5.90. The van der Waals surface area contributed by atoms with Gasteiger partial charge < -0.3 is 19.0 Å². The number of oxazole rings is 1. The molecule has 0 radical (unpaired) electrons. The molecule has 0 saturated carbocycles. The van der Waals surface area contributed by atoms with E-state index in [4.69, 9.17) is 9.15 Å². The Morgan fingerprint density at radius 3 is 2.67 bits per heavy atom. The van der Waals surface area contributed by atoms with Crippen molar-refractivity contribution in [1.82, 2.24) is 19.7 Å². The molecule has 27 heavy (non-hydrogen) atoms. The Morgan fingerprint density at radius 2 is 2.00 bits per heavy atom. The van der Waals surface area contributed by atoms with Crippen LogP contribution >= 0.6 is 0 Å². The van der Waals surface area contributed by atoms with Gasteiger partial charge in [0.25, 0.3) is 5.91 Å². The fraction of sp³-hybridized carbons (Fsp3) is 0.737. The second-order valence-corrected chi connectivity index (χ2v) is 7.43. The minimum atomic E-state index is -0.159. The Hall–Kier alpha value is -1.93. The highest BCUT2D eigenvalue weighted by Gasteiger charge is 2.32. The summed E-state index contributed by atoms with van der Waals surface area (Å²) in [4.78, 5) is 34.2. The van der Waals surface area contributed by atoms with E-state index < -0.39 is 0 Å². The summed E-state index contributed by atoms with van der Waals surface area (Å²) in [7, 11) is 1.79. The Labute approximate surface area is 160 Å². The monoisotopic (exact) mass is 378 g/mol. The van der Waals surface area contributed by atoms with Gasteiger partial charge in [0.2, 0.25) is 11.7 Å². The molecule has 1 aromatic heterocycles. The average Bonchev–Trinajstić information content (AvgIpc) is 3.23. The normalized spacial score (nSPS) is 21.4. The van der Waals surface area contributed by atoms with Crippen molar-refractivity contribution in [2.75, 3.05) is 46.4 Å². The van der Waals surface area contributed by atoms with E-state index in [1.807, 2.05) is 4.90 Å². The first-order valence-electron chi connectivity index (χ1n) is 9.79. The molecule has 0 bridgehead atoms. The summed E-state index contributed by atoms with van der Waals surface area (Å²) in [5.74, 6) is 0.244. The van der Waals surface area contributed by atoms with Gasteiger partial charge in [-0.2, -0.15) is 0 Å². The van der Waals surface area contributed by atoms with Crippen LogP contribution in [0.4, 0.5) is 0 Å². The molecule has 0 N–H and O–H groups in total. The zero-order valence-corrected chi connectivity index (χ0v) is 16.3. The molecule has 3 rings (SSSR count). The second kappa shape index (κ2) is 9.32. The first-order chi connectivity index (χ1) is 13.1. The number of nitrogens with zero attached hydrogens (tertiary/aromatic N) is 4. The number of carbonyl (C=O) groups excluding carboxylic acids is 2. The van der Waals surface area contributed by atoms with Gasteiger partial charge in [0, 0.05) is 65.4 Å². The molecule has 3 heterocycles. The maximum atomic E-state index is 12.4. The summed E-state index contributed by atoms with van der Waals surface area (Å²) in [6.45, 7) is 6.19. The minimum Gasteiger partial charge on any atom is -0.438 e. The molecule has 1 aromatic rings. The van der Waals surface area contributed by atoms with Gasteiger partial charge in [-0.15, -0.1) is 0 Å². The molecule has 2 saturated heterocycles. The van der Waals surface area contributed by atoms with E-state index in [2.05, 4.69) is 9.88 Å². The van der Waals surface area contributed by atoms with Crippen molar-refractivity contribution in [1.29, 1.82) is 0 Å². The number of piperidine rings is 1. The summed E-state index contributed by atoms with van der Waals surface area (Å²) >= 11 is 0. The van der Waals surface area contributed by atoms with E-state index in [-0.39, 0.29) is 17.6 Å². The number of likely N-dealkylation sites (tertiary alicyclic amines) is 1. The van der Waals surface area contributed by atoms with Crippen LogP contribution in [0, 0.1) is 0 Å². The highest BCUT2D eigenvalue weighted by atomic mass is 16.5. The lowest BCUT2D eigenvalue weighted by Crippen LogP contribution is -2.55. The molecule has 2 fully saturated rings. The van der Waals surface area contributed by atoms with Gasteiger partial charge in [-0.3, -0.25) is 14.5 Å². The molecule has 0 aliphatic carbocycles. The number of rotatable bonds is 6. The van der Waals surface area contributed by atoms with Gasteiger partial charge in [-0.1, -0.05) is 0 Å². The second-order valence-electron chi connectivity index (χ2n) is 7.43. The highest BCUT2D eigenvalue weighted by Crippen LogP contribution is 2.23. The van der Waals surface area contributed by atoms with Crippen molar-refractivity contribution in [3.63, 3.8) is 0 Å². The van der Waals surface area contributed by atoms with Crippen LogP contribution < -0.4 is 0 Å². The first-order valence-corrected chi connectivity index (χ1v) is 9.79. The van der Waals surface area contributed by atoms with Crippen molar-refractivity contribution >= 4 is 11.8 Å². The van der Waals surface area contributed by atoms with Gasteiger partial charge in [0.1, 0.15) is 0 Å². The van der Waals surface area contributed by atoms with Gasteiger partial charge in [-0.05, 0) is 25.7 Å². The van der Waals surface area contributed by atoms with Crippen LogP contribution in [0.2, 0.25) is 0 Å². The zero-order chi connectivity index (χ0) is 19.2. The number of hydrogen-bond acceptors (Lipinski definition) is 6.